The Morgan fingerprint density at radius 3 is 1.44 bits per heavy atom. The van der Waals surface area contributed by atoms with Crippen LogP contribution in [0.15, 0.2) is 188 Å². The van der Waals surface area contributed by atoms with E-state index in [2.05, 4.69) is 193 Å². The third-order valence-corrected chi connectivity index (χ3v) is 13.7. The maximum Gasteiger partial charge on any atom is 0.0476 e. The van der Waals surface area contributed by atoms with Gasteiger partial charge in [-0.05, 0) is 109 Å². The third kappa shape index (κ3) is 4.77. The van der Waals surface area contributed by atoms with Gasteiger partial charge in [-0.3, -0.25) is 0 Å². The van der Waals surface area contributed by atoms with Crippen LogP contribution in [0.4, 0.5) is 17.1 Å². The van der Waals surface area contributed by atoms with Gasteiger partial charge >= 0.3 is 0 Å². The fourth-order valence-electron chi connectivity index (χ4n) is 8.89. The first-order valence-corrected chi connectivity index (χ1v) is 20.4. The number of thiophene rings is 2. The van der Waals surface area contributed by atoms with Crippen LogP contribution in [0.25, 0.3) is 94.6 Å². The van der Waals surface area contributed by atoms with E-state index < -0.39 is 0 Å². The molecule has 0 amide bonds. The number of anilines is 3. The second-order valence-corrected chi connectivity index (χ2v) is 16.6. The van der Waals surface area contributed by atoms with Gasteiger partial charge in [-0.1, -0.05) is 133 Å². The molecule has 2 heterocycles. The maximum atomic E-state index is 2.45. The molecule has 0 radical (unpaired) electrons. The normalized spacial score (nSPS) is 12.0. The Balaban J connectivity index is 1.11. The molecule has 3 heteroatoms. The summed E-state index contributed by atoms with van der Waals surface area (Å²) >= 11 is 3.74. The van der Waals surface area contributed by atoms with Crippen LogP contribution in [0, 0.1) is 0 Å². The van der Waals surface area contributed by atoms with Crippen LogP contribution in [0.1, 0.15) is 0 Å². The summed E-state index contributed by atoms with van der Waals surface area (Å²) in [6.07, 6.45) is 0. The molecule has 0 atom stereocenters. The molecule has 0 saturated heterocycles. The highest BCUT2D eigenvalue weighted by Gasteiger charge is 2.19. The second kappa shape index (κ2) is 12.0. The van der Waals surface area contributed by atoms with Crippen LogP contribution in [-0.2, 0) is 0 Å². The lowest BCUT2D eigenvalue weighted by atomic mass is 9.88. The molecule has 2 aromatic heterocycles. The molecule has 0 bridgehead atoms. The van der Waals surface area contributed by atoms with E-state index in [1.54, 1.807) is 0 Å². The van der Waals surface area contributed by atoms with Gasteiger partial charge in [0.1, 0.15) is 0 Å². The molecule has 0 N–H and O–H groups in total. The van der Waals surface area contributed by atoms with E-state index in [4.69, 9.17) is 0 Å². The number of rotatable bonds is 4. The molecule has 0 saturated carbocycles. The van der Waals surface area contributed by atoms with Gasteiger partial charge < -0.3 is 4.90 Å². The summed E-state index contributed by atoms with van der Waals surface area (Å²) in [6.45, 7) is 0. The Morgan fingerprint density at radius 2 is 0.782 bits per heavy atom. The topological polar surface area (TPSA) is 3.24 Å². The van der Waals surface area contributed by atoms with Crippen molar-refractivity contribution in [3.8, 4) is 11.1 Å². The van der Waals surface area contributed by atoms with Gasteiger partial charge in [-0.15, -0.1) is 22.7 Å². The molecule has 0 spiro atoms. The van der Waals surface area contributed by atoms with Crippen LogP contribution in [0.3, 0.4) is 0 Å². The van der Waals surface area contributed by atoms with Gasteiger partial charge in [0.05, 0.1) is 0 Å². The first kappa shape index (κ1) is 30.9. The predicted octanol–water partition coefficient (Wildman–Crippen LogP) is 16.2. The first-order valence-electron chi connectivity index (χ1n) is 18.7. The molecule has 0 unspecified atom stereocenters. The molecule has 0 aliphatic heterocycles. The first-order chi connectivity index (χ1) is 27.2. The van der Waals surface area contributed by atoms with E-state index in [0.717, 1.165) is 17.1 Å². The molecular formula is C52H31NS2. The van der Waals surface area contributed by atoms with Crippen LogP contribution in [0.2, 0.25) is 0 Å². The van der Waals surface area contributed by atoms with E-state index in [0.29, 0.717) is 0 Å². The Hall–Kier alpha value is -6.52. The van der Waals surface area contributed by atoms with Crippen LogP contribution in [-0.4, -0.2) is 0 Å². The van der Waals surface area contributed by atoms with E-state index >= 15 is 0 Å². The van der Waals surface area contributed by atoms with Crippen molar-refractivity contribution in [1.82, 2.24) is 0 Å². The van der Waals surface area contributed by atoms with Crippen molar-refractivity contribution in [3.63, 3.8) is 0 Å². The Labute approximate surface area is 325 Å². The van der Waals surface area contributed by atoms with E-state index in [9.17, 15) is 0 Å². The SMILES string of the molecule is c1cc(-c2cc3ccc4ccccc4c3c3c2ccc2ccccc23)cc(N(c2ccc3c(c2)sc2ccccc23)c2ccc3c(c2)sc2ccccc23)c1. The lowest BCUT2D eigenvalue weighted by Crippen LogP contribution is -2.09. The van der Waals surface area contributed by atoms with E-state index in [1.165, 1.54) is 94.6 Å². The molecule has 12 rings (SSSR count). The van der Waals surface area contributed by atoms with Gasteiger partial charge in [0.25, 0.3) is 0 Å². The monoisotopic (exact) mass is 733 g/mol. The number of nitrogens with zero attached hydrogens (tertiary/aromatic N) is 1. The molecule has 0 fully saturated rings. The van der Waals surface area contributed by atoms with Crippen LogP contribution < -0.4 is 4.90 Å². The predicted molar refractivity (Wildman–Crippen MR) is 242 cm³/mol. The highest BCUT2D eigenvalue weighted by molar-refractivity contribution is 7.26. The van der Waals surface area contributed by atoms with Crippen molar-refractivity contribution in [1.29, 1.82) is 0 Å². The summed E-state index contributed by atoms with van der Waals surface area (Å²) in [5.41, 5.74) is 5.87. The fraction of sp³-hybridized carbons (Fsp3) is 0. The zero-order chi connectivity index (χ0) is 36.0. The highest BCUT2D eigenvalue weighted by Crippen LogP contribution is 2.46. The van der Waals surface area contributed by atoms with Gasteiger partial charge in [0, 0.05) is 57.4 Å². The molecule has 256 valence electrons. The summed E-state index contributed by atoms with van der Waals surface area (Å²) in [6, 6.07) is 69.9. The lowest BCUT2D eigenvalue weighted by Gasteiger charge is -2.26. The summed E-state index contributed by atoms with van der Waals surface area (Å²) in [4.78, 5) is 2.45. The quantitative estimate of drug-likeness (QED) is 0.163. The second-order valence-electron chi connectivity index (χ2n) is 14.5. The third-order valence-electron chi connectivity index (χ3n) is 11.4. The van der Waals surface area contributed by atoms with Crippen molar-refractivity contribution < 1.29 is 0 Å². The zero-order valence-corrected chi connectivity index (χ0v) is 31.3. The smallest absolute Gasteiger partial charge is 0.0476 e. The molecule has 1 nitrogen and oxygen atoms in total. The van der Waals surface area contributed by atoms with Gasteiger partial charge in [0.2, 0.25) is 0 Å². The van der Waals surface area contributed by atoms with Crippen molar-refractivity contribution in [2.24, 2.45) is 0 Å². The summed E-state index contributed by atoms with van der Waals surface area (Å²) in [7, 11) is 0. The Bertz CT molecular complexity index is 3400. The maximum absolute atomic E-state index is 2.45. The summed E-state index contributed by atoms with van der Waals surface area (Å²) in [5, 5.41) is 15.5. The number of fused-ring (bicyclic) bond motifs is 13. The Kier molecular flexibility index (Phi) is 6.74. The minimum absolute atomic E-state index is 1.13. The summed E-state index contributed by atoms with van der Waals surface area (Å²) < 4.78 is 5.22. The minimum Gasteiger partial charge on any atom is -0.310 e. The fourth-order valence-corrected chi connectivity index (χ4v) is 11.2. The molecule has 12 aromatic rings. The van der Waals surface area contributed by atoms with Crippen LogP contribution in [0.5, 0.6) is 0 Å². The van der Waals surface area contributed by atoms with Gasteiger partial charge in [-0.25, -0.2) is 0 Å². The largest absolute Gasteiger partial charge is 0.310 e. The average molecular weight is 734 g/mol. The Morgan fingerprint density at radius 1 is 0.291 bits per heavy atom. The van der Waals surface area contributed by atoms with Crippen molar-refractivity contribution in [2.75, 3.05) is 4.90 Å². The summed E-state index contributed by atoms with van der Waals surface area (Å²) in [5.74, 6) is 0. The molecule has 10 aromatic carbocycles. The van der Waals surface area contributed by atoms with Crippen molar-refractivity contribution >= 4 is 123 Å². The molecular weight excluding hydrogens is 703 g/mol. The highest BCUT2D eigenvalue weighted by atomic mass is 32.1. The number of benzene rings is 10. The molecule has 0 aliphatic rings. The van der Waals surface area contributed by atoms with Gasteiger partial charge in [-0.2, -0.15) is 0 Å². The standard InChI is InChI=1S/C52H31NS2/c1-3-14-39-32(10-1)20-21-35-29-46(45-25-22-33-11-2-4-15-40(33)52(45)51(35)39)34-12-9-13-36(28-34)53(37-23-26-43-41-16-5-7-18-47(41)54-49(43)30-37)38-24-27-44-42-17-6-8-19-48(42)55-50(44)31-38/h1-31H. The van der Waals surface area contributed by atoms with Crippen LogP contribution >= 0.6 is 22.7 Å². The lowest BCUT2D eigenvalue weighted by molar-refractivity contribution is 1.30. The average Bonchev–Trinajstić information content (AvgIpc) is 3.81. The van der Waals surface area contributed by atoms with Gasteiger partial charge in [0.15, 0.2) is 0 Å². The number of hydrogen-bond acceptors (Lipinski definition) is 3. The van der Waals surface area contributed by atoms with Crippen molar-refractivity contribution in [3.05, 3.63) is 188 Å². The van der Waals surface area contributed by atoms with E-state index in [-0.39, 0.29) is 0 Å². The van der Waals surface area contributed by atoms with Crippen molar-refractivity contribution in [2.45, 2.75) is 0 Å². The van der Waals surface area contributed by atoms with E-state index in [1.807, 2.05) is 22.7 Å². The molecule has 0 aliphatic carbocycles. The zero-order valence-electron chi connectivity index (χ0n) is 29.7. The molecule has 55 heavy (non-hydrogen) atoms. The number of hydrogen-bond donors (Lipinski definition) is 0. The minimum atomic E-state index is 1.13.